The molecular weight excluding hydrogens is 324 g/mol. The van der Waals surface area contributed by atoms with Crippen molar-refractivity contribution in [2.45, 2.75) is 31.4 Å². The lowest BCUT2D eigenvalue weighted by molar-refractivity contribution is -0.121. The van der Waals surface area contributed by atoms with Gasteiger partial charge in [-0.2, -0.15) is 11.3 Å². The predicted octanol–water partition coefficient (Wildman–Crippen LogP) is 2.59. The van der Waals surface area contributed by atoms with Crippen LogP contribution in [0.1, 0.15) is 29.6 Å². The third-order valence-electron chi connectivity index (χ3n) is 4.02. The number of hydrogen-bond donors (Lipinski definition) is 2. The van der Waals surface area contributed by atoms with Gasteiger partial charge < -0.3 is 15.4 Å². The summed E-state index contributed by atoms with van der Waals surface area (Å²) < 4.78 is 5.97. The van der Waals surface area contributed by atoms with Crippen LogP contribution in [-0.2, 0) is 4.79 Å². The predicted molar refractivity (Wildman–Crippen MR) is 93.3 cm³/mol. The molecule has 126 valence electrons. The van der Waals surface area contributed by atoms with Crippen molar-refractivity contribution >= 4 is 23.2 Å². The third-order valence-corrected chi connectivity index (χ3v) is 4.71. The summed E-state index contributed by atoms with van der Waals surface area (Å²) in [4.78, 5) is 23.9. The molecule has 0 saturated heterocycles. The average molecular weight is 344 g/mol. The zero-order chi connectivity index (χ0) is 16.8. The molecule has 2 unspecified atom stereocenters. The van der Waals surface area contributed by atoms with E-state index in [1.54, 1.807) is 11.4 Å². The van der Waals surface area contributed by atoms with Gasteiger partial charge in [0.2, 0.25) is 5.91 Å². The second-order valence-corrected chi connectivity index (χ2v) is 6.55. The summed E-state index contributed by atoms with van der Waals surface area (Å²) in [5, 5.41) is 9.20. The largest absolute Gasteiger partial charge is 0.488 e. The van der Waals surface area contributed by atoms with E-state index in [-0.39, 0.29) is 30.5 Å². The molecule has 3 rings (SSSR count). The maximum absolute atomic E-state index is 12.1. The molecular formula is C18H20N2O3S. The molecule has 0 radical (unpaired) electrons. The van der Waals surface area contributed by atoms with Gasteiger partial charge in [-0.05, 0) is 42.8 Å². The maximum Gasteiger partial charge on any atom is 0.252 e. The fourth-order valence-electron chi connectivity index (χ4n) is 2.82. The zero-order valence-corrected chi connectivity index (χ0v) is 14.1. The Morgan fingerprint density at radius 2 is 2.00 bits per heavy atom. The molecule has 1 fully saturated rings. The minimum Gasteiger partial charge on any atom is -0.488 e. The van der Waals surface area contributed by atoms with Gasteiger partial charge in [0.25, 0.3) is 5.91 Å². The monoisotopic (exact) mass is 344 g/mol. The first kappa shape index (κ1) is 16.5. The van der Waals surface area contributed by atoms with Gasteiger partial charge in [-0.1, -0.05) is 18.2 Å². The van der Waals surface area contributed by atoms with Gasteiger partial charge in [0, 0.05) is 10.9 Å². The topological polar surface area (TPSA) is 67.4 Å². The van der Waals surface area contributed by atoms with Gasteiger partial charge in [0.05, 0.1) is 12.6 Å². The molecule has 0 aliphatic heterocycles. The highest BCUT2D eigenvalue weighted by molar-refractivity contribution is 7.08. The Morgan fingerprint density at radius 3 is 2.75 bits per heavy atom. The molecule has 2 aromatic rings. The lowest BCUT2D eigenvalue weighted by Gasteiger charge is -2.22. The summed E-state index contributed by atoms with van der Waals surface area (Å²) in [7, 11) is 0. The molecule has 2 amide bonds. The van der Waals surface area contributed by atoms with Gasteiger partial charge in [-0.25, -0.2) is 0 Å². The van der Waals surface area contributed by atoms with Crippen LogP contribution in [0.25, 0.3) is 0 Å². The first-order chi connectivity index (χ1) is 11.7. The van der Waals surface area contributed by atoms with E-state index in [0.29, 0.717) is 5.56 Å². The van der Waals surface area contributed by atoms with E-state index in [2.05, 4.69) is 10.6 Å². The van der Waals surface area contributed by atoms with Crippen LogP contribution in [0.2, 0.25) is 0 Å². The zero-order valence-electron chi connectivity index (χ0n) is 13.2. The standard InChI is InChI=1S/C18H20N2O3S/c21-17(11-19-18(22)13-9-10-24-12-13)20-15-7-4-8-16(15)23-14-5-2-1-3-6-14/h1-3,5-6,9-10,12,15-16H,4,7-8,11H2,(H,19,22)(H,20,21). The lowest BCUT2D eigenvalue weighted by Crippen LogP contribution is -2.46. The van der Waals surface area contributed by atoms with E-state index in [9.17, 15) is 9.59 Å². The number of carbonyl (C=O) groups excluding carboxylic acids is 2. The molecule has 0 bridgehead atoms. The van der Waals surface area contributed by atoms with Crippen molar-refractivity contribution in [1.29, 1.82) is 0 Å². The third kappa shape index (κ3) is 4.35. The van der Waals surface area contributed by atoms with Crippen LogP contribution in [0.5, 0.6) is 5.75 Å². The number of para-hydroxylation sites is 1. The van der Waals surface area contributed by atoms with E-state index < -0.39 is 0 Å². The van der Waals surface area contributed by atoms with Gasteiger partial charge in [-0.15, -0.1) is 0 Å². The van der Waals surface area contributed by atoms with Crippen LogP contribution in [0.4, 0.5) is 0 Å². The normalized spacial score (nSPS) is 19.7. The molecule has 1 aromatic carbocycles. The van der Waals surface area contributed by atoms with Crippen LogP contribution >= 0.6 is 11.3 Å². The number of nitrogens with one attached hydrogen (secondary N) is 2. The summed E-state index contributed by atoms with van der Waals surface area (Å²) in [5.74, 6) is 0.399. The Morgan fingerprint density at radius 1 is 1.17 bits per heavy atom. The van der Waals surface area contributed by atoms with Crippen molar-refractivity contribution in [3.05, 3.63) is 52.7 Å². The van der Waals surface area contributed by atoms with Gasteiger partial charge >= 0.3 is 0 Å². The number of benzene rings is 1. The fraction of sp³-hybridized carbons (Fsp3) is 0.333. The second kappa shape index (κ2) is 7.97. The van der Waals surface area contributed by atoms with Crippen LogP contribution < -0.4 is 15.4 Å². The number of ether oxygens (including phenoxy) is 1. The number of rotatable bonds is 6. The number of thiophene rings is 1. The van der Waals surface area contributed by atoms with E-state index in [1.807, 2.05) is 35.7 Å². The van der Waals surface area contributed by atoms with Crippen LogP contribution in [0.3, 0.4) is 0 Å². The molecule has 1 aliphatic rings. The Hall–Kier alpha value is -2.34. The van der Waals surface area contributed by atoms with Crippen molar-refractivity contribution in [3.63, 3.8) is 0 Å². The SMILES string of the molecule is O=C(CNC(=O)c1ccsc1)NC1CCCC1Oc1ccccc1. The molecule has 2 N–H and O–H groups in total. The van der Waals surface area contributed by atoms with Crippen molar-refractivity contribution < 1.29 is 14.3 Å². The highest BCUT2D eigenvalue weighted by Crippen LogP contribution is 2.24. The number of hydrogen-bond acceptors (Lipinski definition) is 4. The molecule has 24 heavy (non-hydrogen) atoms. The van der Waals surface area contributed by atoms with Gasteiger partial charge in [0.15, 0.2) is 0 Å². The van der Waals surface area contributed by atoms with E-state index >= 15 is 0 Å². The first-order valence-electron chi connectivity index (χ1n) is 8.04. The van der Waals surface area contributed by atoms with E-state index in [0.717, 1.165) is 25.0 Å². The van der Waals surface area contributed by atoms with Crippen molar-refractivity contribution in [2.75, 3.05) is 6.54 Å². The van der Waals surface area contributed by atoms with Gasteiger partial charge in [0.1, 0.15) is 11.9 Å². The Labute approximate surface area is 145 Å². The average Bonchev–Trinajstić information content (AvgIpc) is 3.26. The Kier molecular flexibility index (Phi) is 5.48. The smallest absolute Gasteiger partial charge is 0.252 e. The highest BCUT2D eigenvalue weighted by atomic mass is 32.1. The molecule has 1 heterocycles. The quantitative estimate of drug-likeness (QED) is 0.846. The van der Waals surface area contributed by atoms with E-state index in [4.69, 9.17) is 4.74 Å². The summed E-state index contributed by atoms with van der Waals surface area (Å²) in [5.41, 5.74) is 0.582. The summed E-state index contributed by atoms with van der Waals surface area (Å²) in [6.07, 6.45) is 2.80. The molecule has 2 atom stereocenters. The maximum atomic E-state index is 12.1. The number of carbonyl (C=O) groups is 2. The number of amides is 2. The lowest BCUT2D eigenvalue weighted by atomic mass is 10.2. The Bertz CT molecular complexity index is 673. The van der Waals surface area contributed by atoms with Gasteiger partial charge in [-0.3, -0.25) is 9.59 Å². The molecule has 1 aromatic heterocycles. The highest BCUT2D eigenvalue weighted by Gasteiger charge is 2.30. The molecule has 6 heteroatoms. The molecule has 0 spiro atoms. The van der Waals surface area contributed by atoms with E-state index in [1.165, 1.54) is 11.3 Å². The van der Waals surface area contributed by atoms with Crippen LogP contribution in [-0.4, -0.2) is 30.5 Å². The molecule has 1 saturated carbocycles. The second-order valence-electron chi connectivity index (χ2n) is 5.77. The van der Waals surface area contributed by atoms with Crippen molar-refractivity contribution in [3.8, 4) is 5.75 Å². The summed E-state index contributed by atoms with van der Waals surface area (Å²) in [6, 6.07) is 11.3. The minimum absolute atomic E-state index is 0.0178. The summed E-state index contributed by atoms with van der Waals surface area (Å²) >= 11 is 1.45. The summed E-state index contributed by atoms with van der Waals surface area (Å²) in [6.45, 7) is -0.0246. The minimum atomic E-state index is -0.227. The van der Waals surface area contributed by atoms with Crippen LogP contribution in [0.15, 0.2) is 47.2 Å². The van der Waals surface area contributed by atoms with Crippen molar-refractivity contribution in [2.24, 2.45) is 0 Å². The van der Waals surface area contributed by atoms with Crippen molar-refractivity contribution in [1.82, 2.24) is 10.6 Å². The van der Waals surface area contributed by atoms with Crippen LogP contribution in [0, 0.1) is 0 Å². The molecule has 5 nitrogen and oxygen atoms in total. The first-order valence-corrected chi connectivity index (χ1v) is 8.98. The fourth-order valence-corrected chi connectivity index (χ4v) is 3.46. The Balaban J connectivity index is 1.47. The molecule has 1 aliphatic carbocycles.